The van der Waals surface area contributed by atoms with Crippen LogP contribution in [0.3, 0.4) is 0 Å². The number of nitrogens with one attached hydrogen (secondary N) is 2. The molecule has 6 heteroatoms. The molecule has 0 unspecified atom stereocenters. The number of carbonyl (C=O) groups excluding carboxylic acids is 2. The standard InChI is InChI=1S/C30H27N3O3/c1-20-18-23(16-17-28(20)36-2)25(30(35)32-24-8-4-3-5-9-24)19-21-12-14-22(15-13-21)29(34)33-27-11-7-6-10-26(27)31/h3-19H,31H2,1-2H3,(H,32,35)(H,33,34)/b25-19+. The second-order valence-corrected chi connectivity index (χ2v) is 8.23. The van der Waals surface area contributed by atoms with Gasteiger partial charge in [0.25, 0.3) is 11.8 Å². The number of benzene rings is 4. The molecule has 36 heavy (non-hydrogen) atoms. The van der Waals surface area contributed by atoms with Gasteiger partial charge in [0.05, 0.1) is 18.5 Å². The van der Waals surface area contributed by atoms with E-state index in [-0.39, 0.29) is 11.8 Å². The number of rotatable bonds is 7. The van der Waals surface area contributed by atoms with Crippen molar-refractivity contribution in [3.8, 4) is 5.75 Å². The quantitative estimate of drug-likeness (QED) is 0.172. The van der Waals surface area contributed by atoms with Gasteiger partial charge in [0.2, 0.25) is 0 Å². The number of nitrogens with two attached hydrogens (primary N) is 1. The van der Waals surface area contributed by atoms with E-state index in [9.17, 15) is 9.59 Å². The highest BCUT2D eigenvalue weighted by Gasteiger charge is 2.15. The molecule has 0 fully saturated rings. The Morgan fingerprint density at radius 1 is 0.806 bits per heavy atom. The van der Waals surface area contributed by atoms with Crippen molar-refractivity contribution in [1.29, 1.82) is 0 Å². The third-order valence-electron chi connectivity index (χ3n) is 5.68. The van der Waals surface area contributed by atoms with Crippen molar-refractivity contribution in [2.45, 2.75) is 6.92 Å². The number of nitrogen functional groups attached to an aromatic ring is 1. The minimum Gasteiger partial charge on any atom is -0.496 e. The van der Waals surface area contributed by atoms with Crippen LogP contribution in [-0.4, -0.2) is 18.9 Å². The molecule has 0 saturated carbocycles. The molecule has 0 aliphatic rings. The van der Waals surface area contributed by atoms with Crippen LogP contribution in [0.15, 0.2) is 97.1 Å². The smallest absolute Gasteiger partial charge is 0.256 e. The van der Waals surface area contributed by atoms with Crippen molar-refractivity contribution >= 4 is 40.5 Å². The Bertz CT molecular complexity index is 1410. The molecule has 4 aromatic rings. The Kier molecular flexibility index (Phi) is 7.46. The lowest BCUT2D eigenvalue weighted by molar-refractivity contribution is -0.111. The van der Waals surface area contributed by atoms with Crippen LogP contribution < -0.4 is 21.1 Å². The van der Waals surface area contributed by atoms with E-state index in [1.165, 1.54) is 0 Å². The maximum Gasteiger partial charge on any atom is 0.256 e. The average molecular weight is 478 g/mol. The molecule has 0 spiro atoms. The maximum absolute atomic E-state index is 13.3. The first-order chi connectivity index (χ1) is 17.4. The van der Waals surface area contributed by atoms with Crippen LogP contribution in [0.25, 0.3) is 11.6 Å². The summed E-state index contributed by atoms with van der Waals surface area (Å²) in [6.07, 6.45) is 1.80. The van der Waals surface area contributed by atoms with Crippen molar-refractivity contribution in [2.24, 2.45) is 0 Å². The van der Waals surface area contributed by atoms with Crippen molar-refractivity contribution < 1.29 is 14.3 Å². The second kappa shape index (κ2) is 11.1. The van der Waals surface area contributed by atoms with Gasteiger partial charge < -0.3 is 21.1 Å². The van der Waals surface area contributed by atoms with Crippen LogP contribution in [0.1, 0.15) is 27.0 Å². The van der Waals surface area contributed by atoms with Crippen LogP contribution in [0.4, 0.5) is 17.1 Å². The van der Waals surface area contributed by atoms with Gasteiger partial charge in [-0.15, -0.1) is 0 Å². The summed E-state index contributed by atoms with van der Waals surface area (Å²) in [6, 6.07) is 29.0. The first-order valence-electron chi connectivity index (χ1n) is 11.4. The fourth-order valence-electron chi connectivity index (χ4n) is 3.75. The van der Waals surface area contributed by atoms with Gasteiger partial charge in [-0.25, -0.2) is 0 Å². The van der Waals surface area contributed by atoms with Crippen LogP contribution in [0.2, 0.25) is 0 Å². The Morgan fingerprint density at radius 2 is 1.47 bits per heavy atom. The monoisotopic (exact) mass is 477 g/mol. The lowest BCUT2D eigenvalue weighted by Gasteiger charge is -2.12. The van der Waals surface area contributed by atoms with Gasteiger partial charge in [-0.2, -0.15) is 0 Å². The molecule has 0 aliphatic heterocycles. The topological polar surface area (TPSA) is 93.4 Å². The number of anilines is 3. The zero-order valence-electron chi connectivity index (χ0n) is 20.1. The van der Waals surface area contributed by atoms with E-state index >= 15 is 0 Å². The highest BCUT2D eigenvalue weighted by atomic mass is 16.5. The Hall–Kier alpha value is -4.84. The normalized spacial score (nSPS) is 11.0. The highest BCUT2D eigenvalue weighted by Crippen LogP contribution is 2.26. The summed E-state index contributed by atoms with van der Waals surface area (Å²) in [5, 5.41) is 5.78. The summed E-state index contributed by atoms with van der Waals surface area (Å²) in [5.41, 5.74) is 11.1. The molecule has 4 N–H and O–H groups in total. The van der Waals surface area contributed by atoms with Gasteiger partial charge in [-0.05, 0) is 78.2 Å². The fraction of sp³-hybridized carbons (Fsp3) is 0.0667. The Labute approximate surface area is 210 Å². The summed E-state index contributed by atoms with van der Waals surface area (Å²) in [7, 11) is 1.62. The van der Waals surface area contributed by atoms with Crippen LogP contribution in [0.5, 0.6) is 5.75 Å². The minimum absolute atomic E-state index is 0.243. The van der Waals surface area contributed by atoms with Gasteiger partial charge in [-0.3, -0.25) is 9.59 Å². The molecular weight excluding hydrogens is 450 g/mol. The summed E-state index contributed by atoms with van der Waals surface area (Å²) >= 11 is 0. The third kappa shape index (κ3) is 5.80. The lowest BCUT2D eigenvalue weighted by atomic mass is 9.99. The predicted octanol–water partition coefficient (Wildman–Crippen LogP) is 6.02. The molecule has 2 amide bonds. The number of para-hydroxylation sites is 3. The summed E-state index contributed by atoms with van der Waals surface area (Å²) < 4.78 is 5.37. The van der Waals surface area contributed by atoms with Crippen LogP contribution >= 0.6 is 0 Å². The van der Waals surface area contributed by atoms with E-state index in [4.69, 9.17) is 10.5 Å². The van der Waals surface area contributed by atoms with E-state index in [0.29, 0.717) is 28.2 Å². The molecule has 4 aromatic carbocycles. The number of hydrogen-bond donors (Lipinski definition) is 3. The first kappa shape index (κ1) is 24.3. The van der Waals surface area contributed by atoms with Gasteiger partial charge in [0.1, 0.15) is 5.75 Å². The molecule has 6 nitrogen and oxygen atoms in total. The van der Waals surface area contributed by atoms with Gasteiger partial charge >= 0.3 is 0 Å². The molecule has 4 rings (SSSR count). The van der Waals surface area contributed by atoms with E-state index in [0.717, 1.165) is 22.4 Å². The summed E-state index contributed by atoms with van der Waals surface area (Å²) in [5.74, 6) is 0.236. The van der Waals surface area contributed by atoms with Crippen LogP contribution in [-0.2, 0) is 4.79 Å². The summed E-state index contributed by atoms with van der Waals surface area (Å²) in [4.78, 5) is 26.0. The van der Waals surface area contributed by atoms with Crippen LogP contribution in [0, 0.1) is 6.92 Å². The van der Waals surface area contributed by atoms with Gasteiger partial charge in [0, 0.05) is 16.8 Å². The lowest BCUT2D eigenvalue weighted by Crippen LogP contribution is -2.14. The van der Waals surface area contributed by atoms with Crippen molar-refractivity contribution in [1.82, 2.24) is 0 Å². The van der Waals surface area contributed by atoms with E-state index in [2.05, 4.69) is 10.6 Å². The molecule has 0 saturated heterocycles. The second-order valence-electron chi connectivity index (χ2n) is 8.23. The predicted molar refractivity (Wildman–Crippen MR) is 146 cm³/mol. The van der Waals surface area contributed by atoms with E-state index in [1.807, 2.05) is 67.6 Å². The molecule has 0 bridgehead atoms. The Balaban J connectivity index is 1.63. The fourth-order valence-corrected chi connectivity index (χ4v) is 3.75. The average Bonchev–Trinajstić information content (AvgIpc) is 2.89. The van der Waals surface area contributed by atoms with Gasteiger partial charge in [-0.1, -0.05) is 48.5 Å². The van der Waals surface area contributed by atoms with Gasteiger partial charge in [0.15, 0.2) is 0 Å². The SMILES string of the molecule is COc1ccc(/C(=C\c2ccc(C(=O)Nc3ccccc3N)cc2)C(=O)Nc2ccccc2)cc1C. The van der Waals surface area contributed by atoms with Crippen molar-refractivity contribution in [3.63, 3.8) is 0 Å². The first-order valence-corrected chi connectivity index (χ1v) is 11.4. The molecule has 0 aliphatic carbocycles. The minimum atomic E-state index is -0.267. The molecule has 0 aromatic heterocycles. The number of ether oxygens (including phenoxy) is 1. The number of carbonyl (C=O) groups is 2. The maximum atomic E-state index is 13.3. The molecule has 0 radical (unpaired) electrons. The number of methoxy groups -OCH3 is 1. The molecule has 0 atom stereocenters. The highest BCUT2D eigenvalue weighted by molar-refractivity contribution is 6.29. The zero-order valence-corrected chi connectivity index (χ0v) is 20.1. The third-order valence-corrected chi connectivity index (χ3v) is 5.68. The number of amides is 2. The Morgan fingerprint density at radius 3 is 2.14 bits per heavy atom. The number of aryl methyl sites for hydroxylation is 1. The molecule has 180 valence electrons. The van der Waals surface area contributed by atoms with Crippen molar-refractivity contribution in [3.05, 3.63) is 119 Å². The molecule has 0 heterocycles. The number of hydrogen-bond acceptors (Lipinski definition) is 4. The largest absolute Gasteiger partial charge is 0.496 e. The van der Waals surface area contributed by atoms with E-state index < -0.39 is 0 Å². The zero-order chi connectivity index (χ0) is 25.5. The van der Waals surface area contributed by atoms with Crippen molar-refractivity contribution in [2.75, 3.05) is 23.5 Å². The molecular formula is C30H27N3O3. The summed E-state index contributed by atoms with van der Waals surface area (Å²) in [6.45, 7) is 1.93. The van der Waals surface area contributed by atoms with E-state index in [1.54, 1.807) is 49.6 Å².